The van der Waals surface area contributed by atoms with E-state index in [1.165, 1.54) is 5.56 Å². The molecule has 4 nitrogen and oxygen atoms in total. The highest BCUT2D eigenvalue weighted by molar-refractivity contribution is 5.37. The molecule has 4 heteroatoms. The van der Waals surface area contributed by atoms with Crippen LogP contribution in [-0.4, -0.2) is 37.6 Å². The molecule has 0 radical (unpaired) electrons. The number of benzene rings is 1. The summed E-state index contributed by atoms with van der Waals surface area (Å²) in [6.07, 6.45) is 0.471. The van der Waals surface area contributed by atoms with E-state index in [0.717, 1.165) is 18.8 Å². The van der Waals surface area contributed by atoms with Gasteiger partial charge >= 0.3 is 0 Å². The van der Waals surface area contributed by atoms with Crippen molar-refractivity contribution in [3.05, 3.63) is 29.8 Å². The lowest BCUT2D eigenvalue weighted by atomic mass is 10.0. The largest absolute Gasteiger partial charge is 0.493 e. The van der Waals surface area contributed by atoms with Gasteiger partial charge in [0.1, 0.15) is 5.75 Å². The van der Waals surface area contributed by atoms with Crippen molar-refractivity contribution >= 4 is 0 Å². The highest BCUT2D eigenvalue weighted by Crippen LogP contribution is 2.31. The second kappa shape index (κ2) is 6.73. The fraction of sp³-hybridized carbons (Fsp3) is 0.571. The van der Waals surface area contributed by atoms with Gasteiger partial charge in [0, 0.05) is 31.2 Å². The molecule has 1 aromatic rings. The molecule has 100 valence electrons. The van der Waals surface area contributed by atoms with Gasteiger partial charge in [0.05, 0.1) is 19.3 Å². The topological polar surface area (TPSA) is 50.7 Å². The quantitative estimate of drug-likeness (QED) is 0.804. The Morgan fingerprint density at radius 3 is 3.17 bits per heavy atom. The zero-order valence-corrected chi connectivity index (χ0v) is 10.8. The van der Waals surface area contributed by atoms with Gasteiger partial charge in [-0.1, -0.05) is 18.2 Å². The van der Waals surface area contributed by atoms with Crippen molar-refractivity contribution in [1.29, 1.82) is 0 Å². The SMILES string of the molecule is CCOCC(O)CNC1CCOc2ccccc21. The number of hydrogen-bond acceptors (Lipinski definition) is 4. The summed E-state index contributed by atoms with van der Waals surface area (Å²) in [5.41, 5.74) is 1.17. The van der Waals surface area contributed by atoms with E-state index >= 15 is 0 Å². The zero-order chi connectivity index (χ0) is 12.8. The lowest BCUT2D eigenvalue weighted by Gasteiger charge is -2.27. The minimum atomic E-state index is -0.458. The van der Waals surface area contributed by atoms with Crippen LogP contribution in [0.4, 0.5) is 0 Å². The van der Waals surface area contributed by atoms with Gasteiger partial charge in [0.2, 0.25) is 0 Å². The Morgan fingerprint density at radius 1 is 1.50 bits per heavy atom. The van der Waals surface area contributed by atoms with Crippen LogP contribution in [0.25, 0.3) is 0 Å². The van der Waals surface area contributed by atoms with Crippen molar-refractivity contribution in [3.8, 4) is 5.75 Å². The molecule has 2 atom stereocenters. The summed E-state index contributed by atoms with van der Waals surface area (Å²) in [7, 11) is 0. The van der Waals surface area contributed by atoms with Crippen LogP contribution in [0.1, 0.15) is 24.9 Å². The number of rotatable bonds is 6. The van der Waals surface area contributed by atoms with Gasteiger partial charge in [0.15, 0.2) is 0 Å². The zero-order valence-electron chi connectivity index (χ0n) is 10.8. The van der Waals surface area contributed by atoms with Gasteiger partial charge in [-0.15, -0.1) is 0 Å². The lowest BCUT2D eigenvalue weighted by Crippen LogP contribution is -2.35. The molecule has 1 aromatic carbocycles. The monoisotopic (exact) mass is 251 g/mol. The molecular weight excluding hydrogens is 230 g/mol. The smallest absolute Gasteiger partial charge is 0.124 e. The Kier molecular flexibility index (Phi) is 4.99. The van der Waals surface area contributed by atoms with E-state index in [0.29, 0.717) is 19.8 Å². The number of ether oxygens (including phenoxy) is 2. The van der Waals surface area contributed by atoms with Crippen LogP contribution in [-0.2, 0) is 4.74 Å². The molecule has 0 bridgehead atoms. The molecule has 0 fully saturated rings. The number of aliphatic hydroxyl groups excluding tert-OH is 1. The predicted octanol–water partition coefficient (Wildman–Crippen LogP) is 1.50. The molecule has 18 heavy (non-hydrogen) atoms. The molecular formula is C14H21NO3. The van der Waals surface area contributed by atoms with Crippen LogP contribution < -0.4 is 10.1 Å². The Bertz CT molecular complexity index is 370. The first-order chi connectivity index (χ1) is 8.81. The first-order valence-corrected chi connectivity index (χ1v) is 6.52. The standard InChI is InChI=1S/C14H21NO3/c1-2-17-10-11(16)9-15-13-7-8-18-14-6-4-3-5-12(13)14/h3-6,11,13,15-16H,2,7-10H2,1H3. The maximum absolute atomic E-state index is 9.74. The van der Waals surface area contributed by atoms with E-state index in [1.807, 2.05) is 25.1 Å². The number of nitrogens with one attached hydrogen (secondary N) is 1. The van der Waals surface area contributed by atoms with Crippen molar-refractivity contribution < 1.29 is 14.6 Å². The van der Waals surface area contributed by atoms with Crippen LogP contribution in [0.3, 0.4) is 0 Å². The summed E-state index contributed by atoms with van der Waals surface area (Å²) in [6.45, 7) is 4.20. The molecule has 2 N–H and O–H groups in total. The third-order valence-electron chi connectivity index (χ3n) is 3.07. The minimum Gasteiger partial charge on any atom is -0.493 e. The lowest BCUT2D eigenvalue weighted by molar-refractivity contribution is 0.0405. The van der Waals surface area contributed by atoms with Gasteiger partial charge in [-0.05, 0) is 13.0 Å². The first-order valence-electron chi connectivity index (χ1n) is 6.52. The van der Waals surface area contributed by atoms with E-state index < -0.39 is 6.10 Å². The number of para-hydroxylation sites is 1. The van der Waals surface area contributed by atoms with Crippen LogP contribution in [0.15, 0.2) is 24.3 Å². The number of hydrogen-bond donors (Lipinski definition) is 2. The highest BCUT2D eigenvalue weighted by Gasteiger charge is 2.21. The molecule has 0 saturated heterocycles. The van der Waals surface area contributed by atoms with Gasteiger partial charge < -0.3 is 19.9 Å². The third kappa shape index (κ3) is 3.45. The Balaban J connectivity index is 1.87. The molecule has 1 aliphatic rings. The van der Waals surface area contributed by atoms with Crippen LogP contribution in [0.2, 0.25) is 0 Å². The third-order valence-corrected chi connectivity index (χ3v) is 3.07. The number of fused-ring (bicyclic) bond motifs is 1. The summed E-state index contributed by atoms with van der Waals surface area (Å²) < 4.78 is 10.8. The van der Waals surface area contributed by atoms with Gasteiger partial charge in [-0.2, -0.15) is 0 Å². The molecule has 2 rings (SSSR count). The molecule has 0 aliphatic carbocycles. The van der Waals surface area contributed by atoms with E-state index in [4.69, 9.17) is 9.47 Å². The second-order valence-electron chi connectivity index (χ2n) is 4.45. The Hall–Kier alpha value is -1.10. The summed E-state index contributed by atoms with van der Waals surface area (Å²) in [5, 5.41) is 13.1. The van der Waals surface area contributed by atoms with E-state index in [2.05, 4.69) is 11.4 Å². The fourth-order valence-corrected chi connectivity index (χ4v) is 2.15. The van der Waals surface area contributed by atoms with Gasteiger partial charge in [-0.3, -0.25) is 0 Å². The van der Waals surface area contributed by atoms with Crippen molar-refractivity contribution in [2.45, 2.75) is 25.5 Å². The molecule has 0 saturated carbocycles. The summed E-state index contributed by atoms with van der Waals surface area (Å²) in [6, 6.07) is 8.30. The van der Waals surface area contributed by atoms with Crippen molar-refractivity contribution in [1.82, 2.24) is 5.32 Å². The van der Waals surface area contributed by atoms with Crippen molar-refractivity contribution in [2.75, 3.05) is 26.4 Å². The molecule has 2 unspecified atom stereocenters. The minimum absolute atomic E-state index is 0.256. The first kappa shape index (κ1) is 13.3. The summed E-state index contributed by atoms with van der Waals surface area (Å²) in [4.78, 5) is 0. The molecule has 1 heterocycles. The maximum Gasteiger partial charge on any atom is 0.124 e. The Morgan fingerprint density at radius 2 is 2.33 bits per heavy atom. The molecule has 0 aromatic heterocycles. The van der Waals surface area contributed by atoms with Crippen LogP contribution in [0, 0.1) is 0 Å². The number of aliphatic hydroxyl groups is 1. The summed E-state index contributed by atoms with van der Waals surface area (Å²) in [5.74, 6) is 0.945. The van der Waals surface area contributed by atoms with Gasteiger partial charge in [0.25, 0.3) is 0 Å². The van der Waals surface area contributed by atoms with E-state index in [1.54, 1.807) is 0 Å². The fourth-order valence-electron chi connectivity index (χ4n) is 2.15. The maximum atomic E-state index is 9.74. The van der Waals surface area contributed by atoms with E-state index in [9.17, 15) is 5.11 Å². The molecule has 0 amide bonds. The summed E-state index contributed by atoms with van der Waals surface area (Å²) >= 11 is 0. The van der Waals surface area contributed by atoms with Crippen molar-refractivity contribution in [3.63, 3.8) is 0 Å². The normalized spacial score (nSPS) is 20.0. The molecule has 1 aliphatic heterocycles. The predicted molar refractivity (Wildman–Crippen MR) is 69.8 cm³/mol. The molecule has 0 spiro atoms. The van der Waals surface area contributed by atoms with Crippen LogP contribution in [0.5, 0.6) is 5.75 Å². The van der Waals surface area contributed by atoms with Crippen molar-refractivity contribution in [2.24, 2.45) is 0 Å². The average molecular weight is 251 g/mol. The Labute approximate surface area is 108 Å². The van der Waals surface area contributed by atoms with Gasteiger partial charge in [-0.25, -0.2) is 0 Å². The van der Waals surface area contributed by atoms with E-state index in [-0.39, 0.29) is 6.04 Å². The highest BCUT2D eigenvalue weighted by atomic mass is 16.5. The van der Waals surface area contributed by atoms with Crippen LogP contribution >= 0.6 is 0 Å². The average Bonchev–Trinajstić information content (AvgIpc) is 2.42. The second-order valence-corrected chi connectivity index (χ2v) is 4.45.